The number of hydrogen-bond acceptors (Lipinski definition) is 2. The zero-order valence-corrected chi connectivity index (χ0v) is 10.9. The first-order valence-electron chi connectivity index (χ1n) is 6.02. The molecule has 4 nitrogen and oxygen atoms in total. The topological polar surface area (TPSA) is 46.9 Å². The van der Waals surface area contributed by atoms with Crippen molar-refractivity contribution in [1.29, 1.82) is 0 Å². The molecule has 1 heterocycles. The van der Waals surface area contributed by atoms with E-state index in [9.17, 15) is 4.79 Å². The van der Waals surface area contributed by atoms with Gasteiger partial charge in [-0.3, -0.25) is 9.48 Å². The summed E-state index contributed by atoms with van der Waals surface area (Å²) in [6.07, 6.45) is 1.84. The third-order valence-electron chi connectivity index (χ3n) is 2.83. The van der Waals surface area contributed by atoms with Crippen LogP contribution in [0.1, 0.15) is 28.4 Å². The largest absolute Gasteiger partial charge is 0.305 e. The molecule has 0 aliphatic carbocycles. The highest BCUT2D eigenvalue weighted by Crippen LogP contribution is 2.12. The molecule has 0 saturated heterocycles. The number of nitrogens with zero attached hydrogens (tertiary/aromatic N) is 2. The van der Waals surface area contributed by atoms with Crippen LogP contribution in [0.25, 0.3) is 0 Å². The highest BCUT2D eigenvalue weighted by molar-refractivity contribution is 6.04. The fraction of sp³-hybridized carbons (Fsp3) is 0.286. The summed E-state index contributed by atoms with van der Waals surface area (Å²) in [6, 6.07) is 7.58. The molecule has 4 heteroatoms. The van der Waals surface area contributed by atoms with E-state index in [0.29, 0.717) is 11.4 Å². The highest BCUT2D eigenvalue weighted by Gasteiger charge is 2.10. The van der Waals surface area contributed by atoms with Crippen molar-refractivity contribution in [2.24, 2.45) is 0 Å². The van der Waals surface area contributed by atoms with Gasteiger partial charge in [0.25, 0.3) is 5.91 Å². The van der Waals surface area contributed by atoms with E-state index >= 15 is 0 Å². The number of carbonyl (C=O) groups is 1. The zero-order chi connectivity index (χ0) is 13.1. The van der Waals surface area contributed by atoms with Crippen molar-refractivity contribution in [3.63, 3.8) is 0 Å². The minimum Gasteiger partial charge on any atom is -0.305 e. The summed E-state index contributed by atoms with van der Waals surface area (Å²) in [5.41, 5.74) is 2.81. The maximum atomic E-state index is 12.1. The molecule has 18 heavy (non-hydrogen) atoms. The van der Waals surface area contributed by atoms with Gasteiger partial charge in [-0.15, -0.1) is 0 Å². The molecule has 2 rings (SSSR count). The molecule has 2 aromatic rings. The molecule has 1 aromatic heterocycles. The first-order valence-corrected chi connectivity index (χ1v) is 6.02. The number of benzene rings is 1. The highest BCUT2D eigenvalue weighted by atomic mass is 16.1. The molecule has 0 fully saturated rings. The van der Waals surface area contributed by atoms with Crippen LogP contribution in [0, 0.1) is 13.8 Å². The molecule has 0 aliphatic heterocycles. The van der Waals surface area contributed by atoms with E-state index in [1.54, 1.807) is 10.7 Å². The van der Waals surface area contributed by atoms with E-state index in [-0.39, 0.29) is 5.91 Å². The van der Waals surface area contributed by atoms with E-state index in [1.807, 2.05) is 45.2 Å². The van der Waals surface area contributed by atoms with Gasteiger partial charge in [-0.2, -0.15) is 5.10 Å². The van der Waals surface area contributed by atoms with Crippen molar-refractivity contribution in [3.8, 4) is 0 Å². The fourth-order valence-corrected chi connectivity index (χ4v) is 1.86. The van der Waals surface area contributed by atoms with Crippen LogP contribution in [0.4, 0.5) is 5.82 Å². The van der Waals surface area contributed by atoms with E-state index < -0.39 is 0 Å². The molecule has 1 N–H and O–H groups in total. The van der Waals surface area contributed by atoms with Crippen LogP contribution in [-0.2, 0) is 6.54 Å². The van der Waals surface area contributed by atoms with Gasteiger partial charge in [0.15, 0.2) is 5.82 Å². The molecule has 1 aromatic carbocycles. The summed E-state index contributed by atoms with van der Waals surface area (Å²) in [7, 11) is 0. The van der Waals surface area contributed by atoms with Gasteiger partial charge in [-0.1, -0.05) is 17.7 Å². The second kappa shape index (κ2) is 5.04. The minimum atomic E-state index is -0.117. The Bertz CT molecular complexity index is 572. The lowest BCUT2D eigenvalue weighted by Crippen LogP contribution is -2.14. The Balaban J connectivity index is 2.16. The van der Waals surface area contributed by atoms with Crippen molar-refractivity contribution < 1.29 is 4.79 Å². The third kappa shape index (κ3) is 2.59. The molecule has 0 radical (unpaired) electrons. The molecule has 0 aliphatic rings. The molecule has 0 spiro atoms. The van der Waals surface area contributed by atoms with Crippen molar-refractivity contribution >= 4 is 11.7 Å². The summed E-state index contributed by atoms with van der Waals surface area (Å²) in [4.78, 5) is 12.1. The Morgan fingerprint density at radius 3 is 2.72 bits per heavy atom. The summed E-state index contributed by atoms with van der Waals surface area (Å²) in [5, 5.41) is 7.03. The lowest BCUT2D eigenvalue weighted by atomic mass is 10.1. The maximum Gasteiger partial charge on any atom is 0.257 e. The normalized spacial score (nSPS) is 10.4. The molecule has 0 atom stereocenters. The summed E-state index contributed by atoms with van der Waals surface area (Å²) >= 11 is 0. The van der Waals surface area contributed by atoms with Crippen LogP contribution < -0.4 is 5.32 Å². The van der Waals surface area contributed by atoms with Crippen LogP contribution in [0.3, 0.4) is 0 Å². The number of aromatic nitrogens is 2. The van der Waals surface area contributed by atoms with E-state index in [4.69, 9.17) is 0 Å². The van der Waals surface area contributed by atoms with Crippen molar-refractivity contribution in [2.75, 3.05) is 5.32 Å². The first kappa shape index (κ1) is 12.4. The second-order valence-electron chi connectivity index (χ2n) is 4.33. The van der Waals surface area contributed by atoms with Crippen LogP contribution in [-0.4, -0.2) is 15.7 Å². The van der Waals surface area contributed by atoms with E-state index in [2.05, 4.69) is 10.4 Å². The van der Waals surface area contributed by atoms with Gasteiger partial charge in [0.2, 0.25) is 0 Å². The molecule has 94 valence electrons. The van der Waals surface area contributed by atoms with Gasteiger partial charge in [-0.25, -0.2) is 0 Å². The zero-order valence-electron chi connectivity index (χ0n) is 10.9. The van der Waals surface area contributed by atoms with Crippen molar-refractivity contribution in [1.82, 2.24) is 9.78 Å². The molecular formula is C14H17N3O. The average molecular weight is 243 g/mol. The first-order chi connectivity index (χ1) is 8.60. The number of aryl methyl sites for hydroxylation is 3. The quantitative estimate of drug-likeness (QED) is 0.901. The van der Waals surface area contributed by atoms with Gasteiger partial charge in [0.05, 0.1) is 0 Å². The monoisotopic (exact) mass is 243 g/mol. The Labute approximate surface area is 107 Å². The smallest absolute Gasteiger partial charge is 0.257 e. The van der Waals surface area contributed by atoms with Gasteiger partial charge in [0.1, 0.15) is 0 Å². The molecule has 1 amide bonds. The van der Waals surface area contributed by atoms with Gasteiger partial charge >= 0.3 is 0 Å². The summed E-state index contributed by atoms with van der Waals surface area (Å²) in [5.74, 6) is 0.468. The van der Waals surface area contributed by atoms with Crippen LogP contribution in [0.2, 0.25) is 0 Å². The number of hydrogen-bond donors (Lipinski definition) is 1. The molecule has 0 unspecified atom stereocenters. The predicted octanol–water partition coefficient (Wildman–Crippen LogP) is 2.77. The van der Waals surface area contributed by atoms with Crippen molar-refractivity contribution in [2.45, 2.75) is 27.3 Å². The number of nitrogens with one attached hydrogen (secondary N) is 1. The Kier molecular flexibility index (Phi) is 3.46. The Morgan fingerprint density at radius 2 is 2.11 bits per heavy atom. The van der Waals surface area contributed by atoms with Gasteiger partial charge in [-0.05, 0) is 32.4 Å². The van der Waals surface area contributed by atoms with E-state index in [0.717, 1.165) is 17.7 Å². The predicted molar refractivity (Wildman–Crippen MR) is 71.8 cm³/mol. The summed E-state index contributed by atoms with van der Waals surface area (Å²) in [6.45, 7) is 6.74. The number of carbonyl (C=O) groups excluding carboxylic acids is 1. The number of anilines is 1. The lowest BCUT2D eigenvalue weighted by Gasteiger charge is -2.06. The Morgan fingerprint density at radius 1 is 1.33 bits per heavy atom. The fourth-order valence-electron chi connectivity index (χ4n) is 1.86. The summed E-state index contributed by atoms with van der Waals surface area (Å²) < 4.78 is 1.78. The molecule has 0 bridgehead atoms. The van der Waals surface area contributed by atoms with Crippen LogP contribution in [0.15, 0.2) is 30.5 Å². The number of amides is 1. The lowest BCUT2D eigenvalue weighted by molar-refractivity contribution is 0.102. The Hall–Kier alpha value is -2.10. The van der Waals surface area contributed by atoms with Crippen molar-refractivity contribution in [3.05, 3.63) is 47.2 Å². The number of rotatable bonds is 3. The second-order valence-corrected chi connectivity index (χ2v) is 4.33. The van der Waals surface area contributed by atoms with Gasteiger partial charge < -0.3 is 5.32 Å². The molecule has 0 saturated carbocycles. The minimum absolute atomic E-state index is 0.117. The van der Waals surface area contributed by atoms with Crippen LogP contribution >= 0.6 is 0 Å². The van der Waals surface area contributed by atoms with Crippen LogP contribution in [0.5, 0.6) is 0 Å². The van der Waals surface area contributed by atoms with Gasteiger partial charge in [0, 0.05) is 24.4 Å². The standard InChI is InChI=1S/C14H17N3O/c1-4-17-8-7-13(16-17)15-14(18)12-6-5-10(2)9-11(12)3/h5-9H,4H2,1-3H3,(H,15,16,18). The maximum absolute atomic E-state index is 12.1. The molecular weight excluding hydrogens is 226 g/mol. The average Bonchev–Trinajstić information content (AvgIpc) is 2.76. The van der Waals surface area contributed by atoms with E-state index in [1.165, 1.54) is 0 Å². The third-order valence-corrected chi connectivity index (χ3v) is 2.83. The SMILES string of the molecule is CCn1ccc(NC(=O)c2ccc(C)cc2C)n1.